The predicted molar refractivity (Wildman–Crippen MR) is 145 cm³/mol. The van der Waals surface area contributed by atoms with Crippen LogP contribution in [0.2, 0.25) is 0 Å². The summed E-state index contributed by atoms with van der Waals surface area (Å²) in [4.78, 5) is 28.3. The van der Waals surface area contributed by atoms with Gasteiger partial charge in [-0.05, 0) is 41.5 Å². The maximum atomic E-state index is 13.8. The molecule has 37 heavy (non-hydrogen) atoms. The van der Waals surface area contributed by atoms with Crippen LogP contribution < -0.4 is 9.62 Å². The molecule has 1 N–H and O–H groups in total. The van der Waals surface area contributed by atoms with Gasteiger partial charge < -0.3 is 10.2 Å². The Morgan fingerprint density at radius 3 is 2.24 bits per heavy atom. The number of carbonyl (C=O) groups is 2. The Hall–Kier alpha value is -3.46. The number of fused-ring (bicyclic) bond motifs is 1. The Kier molecular flexibility index (Phi) is 9.26. The SMILES string of the molecule is CC[C@H](C(=O)NCC(C)C)N(Cc1ccc(F)cc1)C(=O)CN(c1cccc2ccccc12)S(C)(=O)=O. The molecule has 1 atom stereocenters. The first-order valence-electron chi connectivity index (χ1n) is 12.3. The number of halogens is 1. The van der Waals surface area contributed by atoms with Gasteiger partial charge in [0.2, 0.25) is 21.8 Å². The summed E-state index contributed by atoms with van der Waals surface area (Å²) in [5, 5.41) is 4.40. The summed E-state index contributed by atoms with van der Waals surface area (Å²) >= 11 is 0. The first-order valence-corrected chi connectivity index (χ1v) is 14.1. The molecule has 0 heterocycles. The van der Waals surface area contributed by atoms with Gasteiger partial charge in [0.25, 0.3) is 0 Å². The van der Waals surface area contributed by atoms with Crippen molar-refractivity contribution in [3.8, 4) is 0 Å². The van der Waals surface area contributed by atoms with Gasteiger partial charge >= 0.3 is 0 Å². The summed E-state index contributed by atoms with van der Waals surface area (Å²) in [5.41, 5.74) is 1.01. The monoisotopic (exact) mass is 527 g/mol. The fraction of sp³-hybridized carbons (Fsp3) is 0.357. The average Bonchev–Trinajstić information content (AvgIpc) is 2.86. The first-order chi connectivity index (χ1) is 17.5. The lowest BCUT2D eigenvalue weighted by Crippen LogP contribution is -2.52. The Bertz CT molecular complexity index is 1340. The fourth-order valence-corrected chi connectivity index (χ4v) is 5.01. The molecule has 198 valence electrons. The van der Waals surface area contributed by atoms with E-state index in [1.54, 1.807) is 43.3 Å². The van der Waals surface area contributed by atoms with Gasteiger partial charge in [0.05, 0.1) is 11.9 Å². The third kappa shape index (κ3) is 7.29. The van der Waals surface area contributed by atoms with E-state index >= 15 is 0 Å². The van der Waals surface area contributed by atoms with E-state index in [0.29, 0.717) is 29.6 Å². The second-order valence-corrected chi connectivity index (χ2v) is 11.4. The van der Waals surface area contributed by atoms with Gasteiger partial charge in [-0.2, -0.15) is 0 Å². The van der Waals surface area contributed by atoms with E-state index in [0.717, 1.165) is 15.9 Å². The molecule has 0 aromatic heterocycles. The molecule has 0 fully saturated rings. The van der Waals surface area contributed by atoms with Crippen molar-refractivity contribution in [2.24, 2.45) is 5.92 Å². The molecule has 0 spiro atoms. The van der Waals surface area contributed by atoms with E-state index in [9.17, 15) is 22.4 Å². The maximum absolute atomic E-state index is 13.8. The summed E-state index contributed by atoms with van der Waals surface area (Å²) in [5.74, 6) is -1.05. The van der Waals surface area contributed by atoms with E-state index < -0.39 is 34.3 Å². The largest absolute Gasteiger partial charge is 0.354 e. The number of carbonyl (C=O) groups excluding carboxylic acids is 2. The van der Waals surface area contributed by atoms with E-state index in [1.165, 1.54) is 17.0 Å². The van der Waals surface area contributed by atoms with Crippen molar-refractivity contribution in [2.45, 2.75) is 39.8 Å². The van der Waals surface area contributed by atoms with Crippen LogP contribution in [0.15, 0.2) is 66.7 Å². The van der Waals surface area contributed by atoms with Crippen LogP contribution in [-0.2, 0) is 26.2 Å². The lowest BCUT2D eigenvalue weighted by atomic mass is 10.1. The minimum atomic E-state index is -3.85. The minimum Gasteiger partial charge on any atom is -0.354 e. The summed E-state index contributed by atoms with van der Waals surface area (Å²) in [6.07, 6.45) is 1.38. The van der Waals surface area contributed by atoms with E-state index in [2.05, 4.69) is 5.32 Å². The fourth-order valence-electron chi connectivity index (χ4n) is 4.15. The van der Waals surface area contributed by atoms with Crippen LogP contribution in [0.5, 0.6) is 0 Å². The van der Waals surface area contributed by atoms with Crippen molar-refractivity contribution < 1.29 is 22.4 Å². The smallest absolute Gasteiger partial charge is 0.244 e. The lowest BCUT2D eigenvalue weighted by Gasteiger charge is -2.33. The van der Waals surface area contributed by atoms with Crippen LogP contribution in [0.1, 0.15) is 32.8 Å². The molecular formula is C28H34FN3O4S. The van der Waals surface area contributed by atoms with Crippen molar-refractivity contribution in [1.29, 1.82) is 0 Å². The molecule has 2 amide bonds. The summed E-state index contributed by atoms with van der Waals surface area (Å²) in [6.45, 7) is 5.72. The Labute approximate surface area is 218 Å². The van der Waals surface area contributed by atoms with Crippen molar-refractivity contribution >= 4 is 38.3 Å². The van der Waals surface area contributed by atoms with Gasteiger partial charge in [-0.3, -0.25) is 13.9 Å². The molecule has 3 rings (SSSR count). The van der Waals surface area contributed by atoms with Crippen LogP contribution >= 0.6 is 0 Å². The highest BCUT2D eigenvalue weighted by Crippen LogP contribution is 2.29. The number of nitrogens with one attached hydrogen (secondary N) is 1. The number of hydrogen-bond acceptors (Lipinski definition) is 4. The predicted octanol–water partition coefficient (Wildman–Crippen LogP) is 4.32. The highest BCUT2D eigenvalue weighted by Gasteiger charge is 2.32. The van der Waals surface area contributed by atoms with Gasteiger partial charge in [0, 0.05) is 18.5 Å². The van der Waals surface area contributed by atoms with Crippen LogP contribution in [0, 0.1) is 11.7 Å². The van der Waals surface area contributed by atoms with Gasteiger partial charge in [0.1, 0.15) is 18.4 Å². The molecule has 0 aliphatic heterocycles. The third-order valence-electron chi connectivity index (χ3n) is 6.05. The zero-order valence-corrected chi connectivity index (χ0v) is 22.5. The minimum absolute atomic E-state index is 0.0276. The highest BCUT2D eigenvalue weighted by atomic mass is 32.2. The molecular weight excluding hydrogens is 493 g/mol. The number of hydrogen-bond donors (Lipinski definition) is 1. The van der Waals surface area contributed by atoms with Gasteiger partial charge in [-0.1, -0.05) is 69.3 Å². The van der Waals surface area contributed by atoms with Crippen LogP contribution in [0.3, 0.4) is 0 Å². The molecule has 0 unspecified atom stereocenters. The van der Waals surface area contributed by atoms with Gasteiger partial charge in [0.15, 0.2) is 0 Å². The van der Waals surface area contributed by atoms with E-state index in [-0.39, 0.29) is 18.4 Å². The van der Waals surface area contributed by atoms with Crippen LogP contribution in [0.4, 0.5) is 10.1 Å². The first kappa shape index (κ1) is 28.1. The van der Waals surface area contributed by atoms with Crippen molar-refractivity contribution in [3.05, 3.63) is 78.1 Å². The summed E-state index contributed by atoms with van der Waals surface area (Å²) in [6, 6.07) is 17.5. The Morgan fingerprint density at radius 2 is 1.62 bits per heavy atom. The number of sulfonamides is 1. The van der Waals surface area contributed by atoms with E-state index in [1.807, 2.05) is 32.0 Å². The Balaban J connectivity index is 2.00. The second-order valence-electron chi connectivity index (χ2n) is 9.48. The van der Waals surface area contributed by atoms with Crippen molar-refractivity contribution in [2.75, 3.05) is 23.7 Å². The molecule has 0 aliphatic carbocycles. The zero-order chi connectivity index (χ0) is 27.2. The molecule has 0 aliphatic rings. The van der Waals surface area contributed by atoms with Gasteiger partial charge in [-0.25, -0.2) is 12.8 Å². The van der Waals surface area contributed by atoms with Crippen molar-refractivity contribution in [1.82, 2.24) is 10.2 Å². The second kappa shape index (κ2) is 12.2. The quantitative estimate of drug-likeness (QED) is 0.402. The number of nitrogens with zero attached hydrogens (tertiary/aromatic N) is 2. The van der Waals surface area contributed by atoms with Gasteiger partial charge in [-0.15, -0.1) is 0 Å². The molecule has 9 heteroatoms. The number of anilines is 1. The number of benzene rings is 3. The topological polar surface area (TPSA) is 86.8 Å². The van der Waals surface area contributed by atoms with Crippen LogP contribution in [-0.4, -0.2) is 50.5 Å². The average molecular weight is 528 g/mol. The third-order valence-corrected chi connectivity index (χ3v) is 7.18. The van der Waals surface area contributed by atoms with E-state index in [4.69, 9.17) is 0 Å². The summed E-state index contributed by atoms with van der Waals surface area (Å²) < 4.78 is 40.4. The summed E-state index contributed by atoms with van der Waals surface area (Å²) in [7, 11) is -3.85. The molecule has 0 saturated heterocycles. The molecule has 0 radical (unpaired) electrons. The highest BCUT2D eigenvalue weighted by molar-refractivity contribution is 7.92. The normalized spacial score (nSPS) is 12.4. The van der Waals surface area contributed by atoms with Crippen LogP contribution in [0.25, 0.3) is 10.8 Å². The lowest BCUT2D eigenvalue weighted by molar-refractivity contribution is -0.140. The molecule has 3 aromatic carbocycles. The molecule has 0 bridgehead atoms. The standard InChI is InChI=1S/C28H34FN3O4S/c1-5-25(28(34)30-17-20(2)3)31(18-21-13-15-23(29)16-14-21)27(33)19-32(37(4,35)36)26-12-8-10-22-9-6-7-11-24(22)26/h6-16,20,25H,5,17-19H2,1-4H3,(H,30,34)/t25-/m1/s1. The molecule has 0 saturated carbocycles. The molecule has 7 nitrogen and oxygen atoms in total. The zero-order valence-electron chi connectivity index (χ0n) is 21.6. The number of rotatable bonds is 11. The van der Waals surface area contributed by atoms with Crippen molar-refractivity contribution in [3.63, 3.8) is 0 Å². The Morgan fingerprint density at radius 1 is 0.973 bits per heavy atom. The number of amides is 2. The molecule has 3 aromatic rings. The maximum Gasteiger partial charge on any atom is 0.244 e.